The number of sulfonamides is 2. The van der Waals surface area contributed by atoms with E-state index in [1.807, 2.05) is 119 Å². The number of nitrogens with one attached hydrogen (secondary N) is 5. The lowest BCUT2D eigenvalue weighted by molar-refractivity contribution is -0.142. The lowest BCUT2D eigenvalue weighted by Crippen LogP contribution is -2.54. The number of amides is 3. The van der Waals surface area contributed by atoms with Gasteiger partial charge in [-0.3, -0.25) is 24.4 Å². The molecule has 0 saturated heterocycles. The zero-order chi connectivity index (χ0) is 62.4. The summed E-state index contributed by atoms with van der Waals surface area (Å²) in [6, 6.07) is 24.1. The molecule has 0 spiro atoms. The molecule has 0 saturated carbocycles. The first-order chi connectivity index (χ1) is 39.9. The lowest BCUT2D eigenvalue weighted by atomic mass is 9.77. The molecule has 12 N–H and O–H groups in total. The molecule has 0 fully saturated rings. The molecule has 23 heteroatoms. The van der Waals surface area contributed by atoms with E-state index in [4.69, 9.17) is 26.7 Å². The highest BCUT2D eigenvalue weighted by molar-refractivity contribution is 7.90. The van der Waals surface area contributed by atoms with Crippen molar-refractivity contribution in [3.05, 3.63) is 152 Å². The Balaban J connectivity index is 1.04. The van der Waals surface area contributed by atoms with Gasteiger partial charge < -0.3 is 47.7 Å². The molecular formula is C62H80N10O11S2. The normalized spacial score (nSPS) is 15.7. The highest BCUT2D eigenvalue weighted by atomic mass is 32.2. The molecule has 7 rings (SSSR count). The molecule has 0 bridgehead atoms. The molecular weight excluding hydrogens is 1120 g/mol. The number of nitrogens with two attached hydrogens (primary N) is 3. The standard InChI is InChI=1S/C62H80N10O11S2/c1-36-38(3)53(40(5)45-34-60(7,8)82-51(36)45)84(78,79)71-58(64)66-32-20-28-48(68-55(74)47(63)30-31-50(73)70-62(42-22-14-11-15-23-42,43-24-16-12-17-25-43)44-26-18-13-19-27-44)56(75)69-49(57(76)77)29-21-33-67-59(65)72-85(80,81)54-39(4)37(2)52-46(41(54)6)35-61(9,10)83-52/h11-19,22-27,47-49H,20-21,28-35,63H2,1-10H3,(H,68,74)(H,69,75)(H,70,73)(H,76,77)(H3,64,66,71)(H3,65,67,72)/t47-,48-,49-/m0/s1. The van der Waals surface area contributed by atoms with Crippen molar-refractivity contribution >= 4 is 55.7 Å². The Labute approximate surface area is 498 Å². The quantitative estimate of drug-likeness (QED) is 0.0155. The number of carbonyl (C=O) groups excluding carboxylic acids is 3. The first kappa shape index (κ1) is 64.5. The molecule has 2 aliphatic rings. The minimum Gasteiger partial charge on any atom is -0.487 e. The van der Waals surface area contributed by atoms with Crippen LogP contribution in [0.1, 0.15) is 127 Å². The lowest BCUT2D eigenvalue weighted by Gasteiger charge is -2.37. The predicted molar refractivity (Wildman–Crippen MR) is 326 cm³/mol. The van der Waals surface area contributed by atoms with Crippen molar-refractivity contribution < 1.29 is 50.6 Å². The number of carboxylic acids is 1. The summed E-state index contributed by atoms with van der Waals surface area (Å²) in [6.07, 6.45) is 0.338. The third-order valence-corrected chi connectivity index (χ3v) is 18.9. The molecule has 3 amide bonds. The molecule has 0 aromatic heterocycles. The van der Waals surface area contributed by atoms with Crippen LogP contribution in [-0.4, -0.2) is 100.0 Å². The third kappa shape index (κ3) is 14.7. The van der Waals surface area contributed by atoms with Crippen LogP contribution >= 0.6 is 0 Å². The van der Waals surface area contributed by atoms with Crippen LogP contribution in [-0.2, 0) is 57.6 Å². The fourth-order valence-corrected chi connectivity index (χ4v) is 14.3. The maximum atomic E-state index is 14.2. The SMILES string of the molecule is Cc1c(C)c(S(=O)(=O)NC(N)=NCCC[C@H](NC(=O)[C@H](CCCN=C(N)NS(=O)(=O)c2c(C)c(C)c3c(c2C)CC(C)(C)O3)NC(=O)[C@@H](N)CCC(=O)NC(c2ccccc2)(c2ccccc2)c2ccccc2)C(=O)O)c(C)c2c1OC(C)(C)C2. The van der Waals surface area contributed by atoms with E-state index >= 15 is 0 Å². The maximum Gasteiger partial charge on any atom is 0.326 e. The number of carbonyl (C=O) groups is 4. The largest absolute Gasteiger partial charge is 0.487 e. The fourth-order valence-electron chi connectivity index (χ4n) is 11.3. The topological polar surface area (TPSA) is 338 Å². The van der Waals surface area contributed by atoms with Crippen LogP contribution in [0.4, 0.5) is 0 Å². The third-order valence-electron chi connectivity index (χ3n) is 15.7. The first-order valence-electron chi connectivity index (χ1n) is 28.2. The van der Waals surface area contributed by atoms with E-state index in [1.54, 1.807) is 41.5 Å². The van der Waals surface area contributed by atoms with Crippen LogP contribution in [0.25, 0.3) is 0 Å². The van der Waals surface area contributed by atoms with Crippen molar-refractivity contribution in [3.8, 4) is 11.5 Å². The number of fused-ring (bicyclic) bond motifs is 2. The van der Waals surface area contributed by atoms with Crippen LogP contribution < -0.4 is 52.1 Å². The number of hydrogen-bond donors (Lipinski definition) is 9. The number of hydrogen-bond acceptors (Lipinski definition) is 13. The number of carboxylic acid groups (broad SMARTS) is 1. The molecule has 5 aromatic rings. The molecule has 0 unspecified atom stereocenters. The summed E-state index contributed by atoms with van der Waals surface area (Å²) in [7, 11) is -8.48. The van der Waals surface area contributed by atoms with Crippen molar-refractivity contribution in [2.75, 3.05) is 13.1 Å². The van der Waals surface area contributed by atoms with Crippen LogP contribution in [0, 0.1) is 41.5 Å². The second kappa shape index (κ2) is 26.1. The van der Waals surface area contributed by atoms with E-state index in [-0.39, 0.29) is 61.4 Å². The van der Waals surface area contributed by atoms with E-state index in [1.165, 1.54) is 0 Å². The second-order valence-electron chi connectivity index (χ2n) is 23.1. The number of aliphatic imine (C=N–C) groups is 2. The van der Waals surface area contributed by atoms with Crippen molar-refractivity contribution in [1.82, 2.24) is 25.4 Å². The average Bonchev–Trinajstić information content (AvgIpc) is 1.90. The van der Waals surface area contributed by atoms with Gasteiger partial charge in [0.2, 0.25) is 29.6 Å². The van der Waals surface area contributed by atoms with Gasteiger partial charge in [0.15, 0.2) is 0 Å². The van der Waals surface area contributed by atoms with E-state index in [0.29, 0.717) is 57.7 Å². The van der Waals surface area contributed by atoms with Gasteiger partial charge in [-0.1, -0.05) is 91.0 Å². The molecule has 456 valence electrons. The molecule has 21 nitrogen and oxygen atoms in total. The van der Waals surface area contributed by atoms with Gasteiger partial charge >= 0.3 is 5.97 Å². The van der Waals surface area contributed by atoms with Gasteiger partial charge in [-0.05, 0) is 151 Å². The number of rotatable bonds is 24. The highest BCUT2D eigenvalue weighted by Crippen LogP contribution is 2.45. The average molecular weight is 1210 g/mol. The summed E-state index contributed by atoms with van der Waals surface area (Å²) >= 11 is 0. The van der Waals surface area contributed by atoms with Crippen molar-refractivity contribution in [2.24, 2.45) is 27.2 Å². The number of aliphatic carboxylic acids is 1. The molecule has 2 heterocycles. The van der Waals surface area contributed by atoms with Crippen molar-refractivity contribution in [1.29, 1.82) is 0 Å². The minimum absolute atomic E-state index is 0.0198. The Morgan fingerprint density at radius 3 is 1.34 bits per heavy atom. The van der Waals surface area contributed by atoms with Gasteiger partial charge in [-0.15, -0.1) is 0 Å². The summed E-state index contributed by atoms with van der Waals surface area (Å²) in [5.41, 5.74) is 23.9. The molecule has 85 heavy (non-hydrogen) atoms. The Morgan fingerprint density at radius 1 is 0.576 bits per heavy atom. The highest BCUT2D eigenvalue weighted by Gasteiger charge is 2.40. The Bertz CT molecular complexity index is 3540. The number of guanidine groups is 2. The summed E-state index contributed by atoms with van der Waals surface area (Å²) in [4.78, 5) is 63.4. The van der Waals surface area contributed by atoms with Crippen molar-refractivity contribution in [2.45, 2.75) is 165 Å². The zero-order valence-corrected chi connectivity index (χ0v) is 51.6. The van der Waals surface area contributed by atoms with Crippen LogP contribution in [0.3, 0.4) is 0 Å². The van der Waals surface area contributed by atoms with Gasteiger partial charge in [0.25, 0.3) is 20.0 Å². The van der Waals surface area contributed by atoms with E-state index in [0.717, 1.165) is 27.8 Å². The molecule has 3 atom stereocenters. The minimum atomic E-state index is -4.25. The number of ether oxygens (including phenoxy) is 2. The van der Waals surface area contributed by atoms with Crippen LogP contribution in [0.2, 0.25) is 0 Å². The first-order valence-corrected chi connectivity index (χ1v) is 31.2. The Morgan fingerprint density at radius 2 is 0.953 bits per heavy atom. The molecule has 5 aromatic carbocycles. The van der Waals surface area contributed by atoms with Crippen LogP contribution in [0.5, 0.6) is 11.5 Å². The number of benzene rings is 5. The molecule has 0 aliphatic carbocycles. The number of nitrogens with zero attached hydrogens (tertiary/aromatic N) is 2. The summed E-state index contributed by atoms with van der Waals surface area (Å²) < 4.78 is 72.3. The maximum absolute atomic E-state index is 14.2. The zero-order valence-electron chi connectivity index (χ0n) is 49.9. The molecule has 2 aliphatic heterocycles. The Hall–Kier alpha value is -8.02. The van der Waals surface area contributed by atoms with E-state index < -0.39 is 90.5 Å². The fraction of sp³-hybridized carbons (Fsp3) is 0.419. The van der Waals surface area contributed by atoms with Crippen molar-refractivity contribution in [3.63, 3.8) is 0 Å². The van der Waals surface area contributed by atoms with Crippen LogP contribution in [0.15, 0.2) is 111 Å². The van der Waals surface area contributed by atoms with E-state index in [2.05, 4.69) is 35.4 Å². The van der Waals surface area contributed by atoms with Gasteiger partial charge in [0, 0.05) is 43.5 Å². The van der Waals surface area contributed by atoms with Gasteiger partial charge in [0.05, 0.1) is 15.8 Å². The summed E-state index contributed by atoms with van der Waals surface area (Å²) in [5, 5.41) is 18.7. The van der Waals surface area contributed by atoms with Gasteiger partial charge in [0.1, 0.15) is 40.3 Å². The molecule has 0 radical (unpaired) electrons. The summed E-state index contributed by atoms with van der Waals surface area (Å²) in [5.74, 6) is -3.09. The monoisotopic (exact) mass is 1200 g/mol. The van der Waals surface area contributed by atoms with E-state index in [9.17, 15) is 41.1 Å². The predicted octanol–water partition coefficient (Wildman–Crippen LogP) is 5.68. The smallest absolute Gasteiger partial charge is 0.326 e. The second-order valence-corrected chi connectivity index (χ2v) is 26.4. The Kier molecular flexibility index (Phi) is 19.8. The van der Waals surface area contributed by atoms with Gasteiger partial charge in [-0.2, -0.15) is 0 Å². The summed E-state index contributed by atoms with van der Waals surface area (Å²) in [6.45, 7) is 17.8. The van der Waals surface area contributed by atoms with Gasteiger partial charge in [-0.25, -0.2) is 31.1 Å².